The number of carbonyl (C=O) groups is 1. The summed E-state index contributed by atoms with van der Waals surface area (Å²) in [6, 6.07) is 9.26. The number of rotatable bonds is 5. The molecule has 0 heterocycles. The zero-order valence-corrected chi connectivity index (χ0v) is 9.54. The number of ether oxygens (including phenoxy) is 1. The van der Waals surface area contributed by atoms with Gasteiger partial charge in [-0.1, -0.05) is 30.3 Å². The largest absolute Gasteiger partial charge is 0.460 e. The molecule has 1 atom stereocenters. The number of benzene rings is 1. The molecule has 0 unspecified atom stereocenters. The van der Waals surface area contributed by atoms with E-state index in [-0.39, 0.29) is 12.0 Å². The normalized spacial score (nSPS) is 12.1. The first kappa shape index (κ1) is 12.1. The van der Waals surface area contributed by atoms with E-state index in [9.17, 15) is 4.79 Å². The first-order chi connectivity index (χ1) is 7.27. The third-order valence-corrected chi connectivity index (χ3v) is 2.40. The van der Waals surface area contributed by atoms with Crippen LogP contribution in [-0.2, 0) is 16.1 Å². The summed E-state index contributed by atoms with van der Waals surface area (Å²) in [6.07, 6.45) is 0. The van der Waals surface area contributed by atoms with Gasteiger partial charge in [0.05, 0.1) is 0 Å². The average Bonchev–Trinajstić information content (AvgIpc) is 2.29. The second-order valence-corrected chi connectivity index (χ2v) is 3.48. The van der Waals surface area contributed by atoms with Gasteiger partial charge in [0.15, 0.2) is 0 Å². The molecule has 1 rings (SSSR count). The minimum absolute atomic E-state index is 0.267. The molecule has 4 heteroatoms. The Morgan fingerprint density at radius 2 is 2.13 bits per heavy atom. The molecule has 0 aromatic heterocycles. The van der Waals surface area contributed by atoms with Gasteiger partial charge in [0, 0.05) is 5.75 Å². The van der Waals surface area contributed by atoms with Crippen LogP contribution in [0.1, 0.15) is 5.56 Å². The van der Waals surface area contributed by atoms with Crippen LogP contribution in [-0.4, -0.2) is 24.8 Å². The van der Waals surface area contributed by atoms with E-state index in [1.807, 2.05) is 30.3 Å². The van der Waals surface area contributed by atoms with Gasteiger partial charge >= 0.3 is 5.97 Å². The molecule has 0 radical (unpaired) electrons. The fourth-order valence-electron chi connectivity index (χ4n) is 1.11. The average molecular weight is 225 g/mol. The Balaban J connectivity index is 2.40. The lowest BCUT2D eigenvalue weighted by molar-refractivity contribution is -0.146. The topological polar surface area (TPSA) is 38.3 Å². The molecule has 1 N–H and O–H groups in total. The molecule has 0 aliphatic carbocycles. The molecule has 1 aromatic carbocycles. The highest BCUT2D eigenvalue weighted by molar-refractivity contribution is 7.80. The van der Waals surface area contributed by atoms with E-state index < -0.39 is 0 Å². The zero-order valence-electron chi connectivity index (χ0n) is 8.64. The number of hydrogen-bond acceptors (Lipinski definition) is 4. The van der Waals surface area contributed by atoms with E-state index in [4.69, 9.17) is 4.74 Å². The maximum atomic E-state index is 11.4. The van der Waals surface area contributed by atoms with Gasteiger partial charge in [0.2, 0.25) is 0 Å². The maximum Gasteiger partial charge on any atom is 0.324 e. The lowest BCUT2D eigenvalue weighted by Gasteiger charge is -2.12. The second-order valence-electron chi connectivity index (χ2n) is 3.12. The minimum atomic E-state index is -0.336. The van der Waals surface area contributed by atoms with Crippen molar-refractivity contribution in [1.82, 2.24) is 5.32 Å². The van der Waals surface area contributed by atoms with Gasteiger partial charge in [0.25, 0.3) is 0 Å². The smallest absolute Gasteiger partial charge is 0.324 e. The molecule has 3 nitrogen and oxygen atoms in total. The zero-order chi connectivity index (χ0) is 11.1. The van der Waals surface area contributed by atoms with E-state index in [0.29, 0.717) is 12.4 Å². The van der Waals surface area contributed by atoms with Gasteiger partial charge in [-0.3, -0.25) is 4.79 Å². The highest BCUT2D eigenvalue weighted by atomic mass is 32.1. The number of carbonyl (C=O) groups excluding carboxylic acids is 1. The van der Waals surface area contributed by atoms with Gasteiger partial charge in [-0.25, -0.2) is 0 Å². The summed E-state index contributed by atoms with van der Waals surface area (Å²) < 4.78 is 5.12. The number of nitrogens with one attached hydrogen (secondary N) is 1. The van der Waals surface area contributed by atoms with Crippen LogP contribution in [0.15, 0.2) is 30.3 Å². The Labute approximate surface area is 95.2 Å². The third kappa shape index (κ3) is 3.93. The van der Waals surface area contributed by atoms with Crippen molar-refractivity contribution < 1.29 is 9.53 Å². The van der Waals surface area contributed by atoms with Crippen LogP contribution in [0, 0.1) is 0 Å². The summed E-state index contributed by atoms with van der Waals surface area (Å²) in [5, 5.41) is 2.84. The third-order valence-electron chi connectivity index (χ3n) is 2.04. The summed E-state index contributed by atoms with van der Waals surface area (Å²) in [5.74, 6) is 0.167. The molecule has 0 aliphatic rings. The van der Waals surface area contributed by atoms with Gasteiger partial charge < -0.3 is 10.1 Å². The Morgan fingerprint density at radius 1 is 1.47 bits per heavy atom. The molecule has 0 bridgehead atoms. The van der Waals surface area contributed by atoms with Crippen molar-refractivity contribution in [1.29, 1.82) is 0 Å². The fraction of sp³-hybridized carbons (Fsp3) is 0.364. The van der Waals surface area contributed by atoms with Crippen molar-refractivity contribution in [2.24, 2.45) is 0 Å². The quantitative estimate of drug-likeness (QED) is 0.585. The van der Waals surface area contributed by atoms with Gasteiger partial charge in [0.1, 0.15) is 12.6 Å². The van der Waals surface area contributed by atoms with E-state index in [1.54, 1.807) is 7.05 Å². The Morgan fingerprint density at radius 3 is 2.67 bits per heavy atom. The van der Waals surface area contributed by atoms with Crippen LogP contribution in [0.5, 0.6) is 0 Å². The molecule has 0 spiro atoms. The predicted molar refractivity (Wildman–Crippen MR) is 62.9 cm³/mol. The van der Waals surface area contributed by atoms with E-state index in [2.05, 4.69) is 17.9 Å². The number of hydrogen-bond donors (Lipinski definition) is 2. The Kier molecular flexibility index (Phi) is 5.21. The summed E-state index contributed by atoms with van der Waals surface area (Å²) in [7, 11) is 1.71. The van der Waals surface area contributed by atoms with Crippen molar-refractivity contribution in [3.63, 3.8) is 0 Å². The van der Waals surface area contributed by atoms with Crippen LogP contribution in [0.3, 0.4) is 0 Å². The van der Waals surface area contributed by atoms with Gasteiger partial charge in [-0.05, 0) is 12.6 Å². The fourth-order valence-corrected chi connectivity index (χ4v) is 1.44. The van der Waals surface area contributed by atoms with Crippen LogP contribution in [0.25, 0.3) is 0 Å². The summed E-state index contributed by atoms with van der Waals surface area (Å²) in [5.41, 5.74) is 0.986. The molecular weight excluding hydrogens is 210 g/mol. The highest BCUT2D eigenvalue weighted by Crippen LogP contribution is 2.02. The van der Waals surface area contributed by atoms with Gasteiger partial charge in [-0.2, -0.15) is 12.6 Å². The molecule has 82 valence electrons. The van der Waals surface area contributed by atoms with Crippen LogP contribution in [0.2, 0.25) is 0 Å². The minimum Gasteiger partial charge on any atom is -0.460 e. The summed E-state index contributed by atoms with van der Waals surface area (Å²) in [4.78, 5) is 11.4. The van der Waals surface area contributed by atoms with Crippen LogP contribution < -0.4 is 5.32 Å². The second kappa shape index (κ2) is 6.48. The Hall–Kier alpha value is -1.00. The van der Waals surface area contributed by atoms with Crippen molar-refractivity contribution in [2.75, 3.05) is 12.8 Å². The number of likely N-dealkylation sites (N-methyl/N-ethyl adjacent to an activating group) is 1. The molecule has 0 fully saturated rings. The molecule has 0 aliphatic heterocycles. The van der Waals surface area contributed by atoms with Crippen molar-refractivity contribution in [3.05, 3.63) is 35.9 Å². The predicted octanol–water partition coefficient (Wildman–Crippen LogP) is 1.25. The molecule has 15 heavy (non-hydrogen) atoms. The van der Waals surface area contributed by atoms with Crippen molar-refractivity contribution in [3.8, 4) is 0 Å². The first-order valence-corrected chi connectivity index (χ1v) is 5.40. The molecular formula is C11H15NO2S. The first-order valence-electron chi connectivity index (χ1n) is 4.76. The van der Waals surface area contributed by atoms with Crippen LogP contribution >= 0.6 is 12.6 Å². The SMILES string of the molecule is CN[C@@H](CS)C(=O)OCc1ccccc1. The highest BCUT2D eigenvalue weighted by Gasteiger charge is 2.15. The number of esters is 1. The maximum absolute atomic E-state index is 11.4. The molecule has 0 saturated carbocycles. The summed E-state index contributed by atoms with van der Waals surface area (Å²) in [6.45, 7) is 0.311. The molecule has 0 saturated heterocycles. The molecule has 1 aromatic rings. The molecule has 0 amide bonds. The van der Waals surface area contributed by atoms with Gasteiger partial charge in [-0.15, -0.1) is 0 Å². The van der Waals surface area contributed by atoms with Crippen LogP contribution in [0.4, 0.5) is 0 Å². The standard InChI is InChI=1S/C11H15NO2S/c1-12-10(8-15)11(13)14-7-9-5-3-2-4-6-9/h2-6,10,12,15H,7-8H2,1H3/t10-/m0/s1. The summed E-state index contributed by atoms with van der Waals surface area (Å²) >= 11 is 4.05. The van der Waals surface area contributed by atoms with E-state index >= 15 is 0 Å². The number of thiol groups is 1. The lowest BCUT2D eigenvalue weighted by atomic mass is 10.2. The van der Waals surface area contributed by atoms with E-state index in [0.717, 1.165) is 5.56 Å². The van der Waals surface area contributed by atoms with Crippen molar-refractivity contribution >= 4 is 18.6 Å². The lowest BCUT2D eigenvalue weighted by Crippen LogP contribution is -2.36. The van der Waals surface area contributed by atoms with E-state index in [1.165, 1.54) is 0 Å². The Bertz CT molecular complexity index is 299. The van der Waals surface area contributed by atoms with Crippen molar-refractivity contribution in [2.45, 2.75) is 12.6 Å². The monoisotopic (exact) mass is 225 g/mol.